The minimum absolute atomic E-state index is 0.522. The number of aromatic amines is 2. The van der Waals surface area contributed by atoms with Gasteiger partial charge in [-0.15, -0.1) is 12.3 Å². The van der Waals surface area contributed by atoms with Crippen LogP contribution in [0.25, 0.3) is 22.3 Å². The number of nitrogens with zero attached hydrogens (tertiary/aromatic N) is 2. The Morgan fingerprint density at radius 2 is 1.89 bits per heavy atom. The van der Waals surface area contributed by atoms with Crippen LogP contribution in [0.4, 0.5) is 0 Å². The van der Waals surface area contributed by atoms with E-state index in [0.29, 0.717) is 37.3 Å². The maximum atomic E-state index is 11.7. The van der Waals surface area contributed by atoms with Gasteiger partial charge in [-0.05, 0) is 60.4 Å². The lowest BCUT2D eigenvalue weighted by Crippen LogP contribution is -2.11. The van der Waals surface area contributed by atoms with Gasteiger partial charge in [0, 0.05) is 35.5 Å². The van der Waals surface area contributed by atoms with Crippen LogP contribution in [0.1, 0.15) is 42.1 Å². The van der Waals surface area contributed by atoms with E-state index in [4.69, 9.17) is 11.2 Å². The maximum absolute atomic E-state index is 11.7. The molecule has 3 N–H and O–H groups in total. The lowest BCUT2D eigenvalue weighted by atomic mass is 9.92. The van der Waals surface area contributed by atoms with Gasteiger partial charge in [-0.25, -0.2) is 4.98 Å². The van der Waals surface area contributed by atoms with Crippen LogP contribution in [0.3, 0.4) is 0 Å². The molecule has 0 fully saturated rings. The Morgan fingerprint density at radius 1 is 1.05 bits per heavy atom. The van der Waals surface area contributed by atoms with Crippen LogP contribution < -0.4 is 4.74 Å². The highest BCUT2D eigenvalue weighted by molar-refractivity contribution is 5.80. The third-order valence-electron chi connectivity index (χ3n) is 6.25. The maximum Gasteiger partial charge on any atom is 0.310 e. The van der Waals surface area contributed by atoms with Gasteiger partial charge in [-0.1, -0.05) is 36.4 Å². The summed E-state index contributed by atoms with van der Waals surface area (Å²) in [7, 11) is 0. The molecule has 0 bridgehead atoms. The number of hydrogen-bond donors (Lipinski definition) is 3. The number of hydrogen-bond acceptors (Lipinski definition) is 4. The minimum atomic E-state index is -0.833. The molecule has 37 heavy (non-hydrogen) atoms. The number of benzene rings is 3. The van der Waals surface area contributed by atoms with Crippen LogP contribution >= 0.6 is 0 Å². The minimum Gasteiger partial charge on any atom is -0.481 e. The number of terminal acetylenes is 1. The van der Waals surface area contributed by atoms with Crippen molar-refractivity contribution >= 4 is 16.9 Å². The predicted molar refractivity (Wildman–Crippen MR) is 143 cm³/mol. The largest absolute Gasteiger partial charge is 0.481 e. The molecule has 3 aromatic carbocycles. The SMILES string of the molecule is C#CCCCC(C(=O)O)c1ccc(Cc2nc(-c3cccc(Oc4ccc5[nH]ccc5c4)c3)n[nH]2)cc1. The summed E-state index contributed by atoms with van der Waals surface area (Å²) < 4.78 is 6.07. The van der Waals surface area contributed by atoms with Gasteiger partial charge in [-0.3, -0.25) is 9.89 Å². The summed E-state index contributed by atoms with van der Waals surface area (Å²) in [5.74, 6) is 3.93. The predicted octanol–water partition coefficient (Wildman–Crippen LogP) is 6.31. The standard InChI is InChI=1S/C30H26N4O3/c1-2-3-4-8-26(30(35)36)21-11-9-20(10-12-21)17-28-32-29(34-33-28)23-6-5-7-24(19-23)37-25-13-14-27-22(18-25)15-16-31-27/h1,5-7,9-16,18-19,26,31H,3-4,8,17H2,(H,35,36)(H,32,33,34). The Morgan fingerprint density at radius 3 is 2.70 bits per heavy atom. The number of nitrogens with one attached hydrogen (secondary N) is 2. The summed E-state index contributed by atoms with van der Waals surface area (Å²) in [4.78, 5) is 19.5. The molecule has 2 aromatic heterocycles. The first kappa shape index (κ1) is 23.9. The van der Waals surface area contributed by atoms with E-state index in [0.717, 1.165) is 39.2 Å². The van der Waals surface area contributed by atoms with Crippen molar-refractivity contribution in [2.75, 3.05) is 0 Å². The fourth-order valence-electron chi connectivity index (χ4n) is 4.34. The number of rotatable bonds is 10. The van der Waals surface area contributed by atoms with Crippen molar-refractivity contribution in [3.63, 3.8) is 0 Å². The third-order valence-corrected chi connectivity index (χ3v) is 6.25. The molecule has 0 aliphatic carbocycles. The first-order valence-corrected chi connectivity index (χ1v) is 12.1. The molecule has 1 atom stereocenters. The van der Waals surface area contributed by atoms with E-state index in [-0.39, 0.29) is 0 Å². The van der Waals surface area contributed by atoms with E-state index in [1.165, 1.54) is 0 Å². The van der Waals surface area contributed by atoms with E-state index >= 15 is 0 Å². The number of aliphatic carboxylic acids is 1. The Kier molecular flexibility index (Phi) is 7.00. The Labute approximate surface area is 214 Å². The van der Waals surface area contributed by atoms with E-state index in [2.05, 4.69) is 26.1 Å². The number of aromatic nitrogens is 4. The molecule has 0 amide bonds. The number of unbranched alkanes of at least 4 members (excludes halogenated alkanes) is 1. The number of fused-ring (bicyclic) bond motifs is 1. The zero-order valence-electron chi connectivity index (χ0n) is 20.1. The molecule has 184 valence electrons. The van der Waals surface area contributed by atoms with Crippen molar-refractivity contribution in [1.29, 1.82) is 0 Å². The van der Waals surface area contributed by atoms with Crippen molar-refractivity contribution < 1.29 is 14.6 Å². The van der Waals surface area contributed by atoms with Crippen LogP contribution in [0.15, 0.2) is 79.0 Å². The fraction of sp³-hybridized carbons (Fsp3) is 0.167. The van der Waals surface area contributed by atoms with Gasteiger partial charge in [0.1, 0.15) is 17.3 Å². The highest BCUT2D eigenvalue weighted by atomic mass is 16.5. The molecule has 0 spiro atoms. The molecule has 0 saturated carbocycles. The average molecular weight is 491 g/mol. The summed E-state index contributed by atoms with van der Waals surface area (Å²) in [6.45, 7) is 0. The first-order valence-electron chi connectivity index (χ1n) is 12.1. The van der Waals surface area contributed by atoms with Gasteiger partial charge in [-0.2, -0.15) is 5.10 Å². The number of ether oxygens (including phenoxy) is 1. The van der Waals surface area contributed by atoms with E-state index in [1.54, 1.807) is 0 Å². The average Bonchev–Trinajstić information content (AvgIpc) is 3.57. The van der Waals surface area contributed by atoms with Crippen molar-refractivity contribution in [3.05, 3.63) is 95.9 Å². The Hall–Kier alpha value is -4.83. The third kappa shape index (κ3) is 5.71. The van der Waals surface area contributed by atoms with Gasteiger partial charge in [0.15, 0.2) is 5.82 Å². The summed E-state index contributed by atoms with van der Waals surface area (Å²) in [5, 5.41) is 18.1. The van der Waals surface area contributed by atoms with Gasteiger partial charge in [0.25, 0.3) is 0 Å². The lowest BCUT2D eigenvalue weighted by molar-refractivity contribution is -0.139. The molecule has 0 aliphatic rings. The summed E-state index contributed by atoms with van der Waals surface area (Å²) in [5.41, 5.74) is 3.69. The molecule has 7 heteroatoms. The fourth-order valence-corrected chi connectivity index (χ4v) is 4.34. The molecule has 5 rings (SSSR count). The monoisotopic (exact) mass is 490 g/mol. The van der Waals surface area contributed by atoms with Gasteiger partial charge in [0.2, 0.25) is 0 Å². The second-order valence-corrected chi connectivity index (χ2v) is 8.87. The molecular formula is C30H26N4O3. The van der Waals surface area contributed by atoms with Crippen LogP contribution in [-0.4, -0.2) is 31.2 Å². The highest BCUT2D eigenvalue weighted by Gasteiger charge is 2.19. The first-order chi connectivity index (χ1) is 18.1. The van der Waals surface area contributed by atoms with Crippen LogP contribution in [0, 0.1) is 12.3 Å². The van der Waals surface area contributed by atoms with Crippen molar-refractivity contribution in [2.24, 2.45) is 0 Å². The van der Waals surface area contributed by atoms with Crippen molar-refractivity contribution in [2.45, 2.75) is 31.6 Å². The quantitative estimate of drug-likeness (QED) is 0.157. The zero-order chi connectivity index (χ0) is 25.6. The molecule has 7 nitrogen and oxygen atoms in total. The van der Waals surface area contributed by atoms with Gasteiger partial charge >= 0.3 is 5.97 Å². The van der Waals surface area contributed by atoms with E-state index in [9.17, 15) is 9.90 Å². The molecule has 1 unspecified atom stereocenters. The van der Waals surface area contributed by atoms with Gasteiger partial charge < -0.3 is 14.8 Å². The zero-order valence-corrected chi connectivity index (χ0v) is 20.1. The van der Waals surface area contributed by atoms with Crippen LogP contribution in [0.5, 0.6) is 11.5 Å². The van der Waals surface area contributed by atoms with E-state index < -0.39 is 11.9 Å². The molecule has 0 radical (unpaired) electrons. The van der Waals surface area contributed by atoms with E-state index in [1.807, 2.05) is 79.0 Å². The smallest absolute Gasteiger partial charge is 0.310 e. The molecular weight excluding hydrogens is 464 g/mol. The van der Waals surface area contributed by atoms with Crippen molar-refractivity contribution in [3.8, 4) is 35.2 Å². The lowest BCUT2D eigenvalue weighted by Gasteiger charge is -2.12. The normalized spacial score (nSPS) is 11.8. The van der Waals surface area contributed by atoms with Gasteiger partial charge in [0.05, 0.1) is 5.92 Å². The van der Waals surface area contributed by atoms with Crippen molar-refractivity contribution in [1.82, 2.24) is 20.2 Å². The van der Waals surface area contributed by atoms with Crippen LogP contribution in [-0.2, 0) is 11.2 Å². The van der Waals surface area contributed by atoms with Crippen LogP contribution in [0.2, 0.25) is 0 Å². The molecule has 0 aliphatic heterocycles. The molecule has 2 heterocycles. The summed E-state index contributed by atoms with van der Waals surface area (Å²) in [6.07, 6.45) is 9.53. The summed E-state index contributed by atoms with van der Waals surface area (Å²) in [6, 6.07) is 23.2. The number of carboxylic acids is 1. The Balaban J connectivity index is 1.26. The molecule has 0 saturated heterocycles. The number of carbonyl (C=O) groups is 1. The number of H-pyrrole nitrogens is 2. The topological polar surface area (TPSA) is 104 Å². The Bertz CT molecular complexity index is 1560. The highest BCUT2D eigenvalue weighted by Crippen LogP contribution is 2.28. The second-order valence-electron chi connectivity index (χ2n) is 8.87. The summed E-state index contributed by atoms with van der Waals surface area (Å²) >= 11 is 0. The molecule has 5 aromatic rings. The number of carboxylic acid groups (broad SMARTS) is 1. The second kappa shape index (κ2) is 10.8.